The first-order valence-electron chi connectivity index (χ1n) is 11.0. The molecular formula is C29H27NO. The quantitative estimate of drug-likeness (QED) is 0.411. The SMILES string of the molecule is OC(c1ccccc1)[C@@H]1CCN1C(c1ccccc1)(c1ccccc1)c1ccccc1. The average molecular weight is 406 g/mol. The summed E-state index contributed by atoms with van der Waals surface area (Å²) in [4.78, 5) is 2.49. The lowest BCUT2D eigenvalue weighted by atomic mass is 9.72. The van der Waals surface area contributed by atoms with Gasteiger partial charge in [-0.25, -0.2) is 0 Å². The van der Waals surface area contributed by atoms with E-state index in [0.717, 1.165) is 18.5 Å². The molecule has 0 aliphatic carbocycles. The van der Waals surface area contributed by atoms with E-state index in [2.05, 4.69) is 95.9 Å². The molecule has 0 amide bonds. The predicted molar refractivity (Wildman–Crippen MR) is 126 cm³/mol. The molecule has 1 saturated heterocycles. The average Bonchev–Trinajstić information content (AvgIpc) is 2.84. The molecule has 1 unspecified atom stereocenters. The van der Waals surface area contributed by atoms with E-state index in [-0.39, 0.29) is 6.04 Å². The van der Waals surface area contributed by atoms with E-state index < -0.39 is 11.6 Å². The maximum Gasteiger partial charge on any atom is 0.0976 e. The summed E-state index contributed by atoms with van der Waals surface area (Å²) in [6.07, 6.45) is 0.426. The number of benzene rings is 4. The molecule has 0 spiro atoms. The van der Waals surface area contributed by atoms with Gasteiger partial charge < -0.3 is 5.11 Å². The van der Waals surface area contributed by atoms with Crippen molar-refractivity contribution in [1.29, 1.82) is 0 Å². The second-order valence-electron chi connectivity index (χ2n) is 8.21. The maximum absolute atomic E-state index is 11.4. The molecule has 2 heteroatoms. The van der Waals surface area contributed by atoms with Crippen molar-refractivity contribution in [2.24, 2.45) is 0 Å². The second kappa shape index (κ2) is 8.50. The summed E-state index contributed by atoms with van der Waals surface area (Å²) in [7, 11) is 0. The van der Waals surface area contributed by atoms with E-state index in [1.165, 1.54) is 16.7 Å². The van der Waals surface area contributed by atoms with Crippen LogP contribution in [0.2, 0.25) is 0 Å². The highest BCUT2D eigenvalue weighted by Crippen LogP contribution is 2.48. The number of hydrogen-bond acceptors (Lipinski definition) is 2. The van der Waals surface area contributed by atoms with Gasteiger partial charge in [-0.15, -0.1) is 0 Å². The number of rotatable bonds is 6. The van der Waals surface area contributed by atoms with Crippen molar-refractivity contribution >= 4 is 0 Å². The monoisotopic (exact) mass is 405 g/mol. The molecule has 31 heavy (non-hydrogen) atoms. The Hall–Kier alpha value is -3.20. The molecule has 0 saturated carbocycles. The molecule has 2 nitrogen and oxygen atoms in total. The Bertz CT molecular complexity index is 1000. The fourth-order valence-corrected chi connectivity index (χ4v) is 5.06. The summed E-state index contributed by atoms with van der Waals surface area (Å²) in [5, 5.41) is 11.4. The van der Waals surface area contributed by atoms with E-state index >= 15 is 0 Å². The van der Waals surface area contributed by atoms with E-state index in [1.54, 1.807) is 0 Å². The minimum atomic E-state index is -0.537. The first kappa shape index (κ1) is 19.7. The van der Waals surface area contributed by atoms with Gasteiger partial charge in [0.2, 0.25) is 0 Å². The normalized spacial score (nSPS) is 17.6. The lowest BCUT2D eigenvalue weighted by Crippen LogP contribution is -2.62. The van der Waals surface area contributed by atoms with Crippen molar-refractivity contribution in [2.75, 3.05) is 6.54 Å². The van der Waals surface area contributed by atoms with Crippen LogP contribution in [0.1, 0.15) is 34.8 Å². The van der Waals surface area contributed by atoms with Gasteiger partial charge in [0, 0.05) is 12.6 Å². The van der Waals surface area contributed by atoms with Crippen molar-refractivity contribution < 1.29 is 5.11 Å². The molecule has 154 valence electrons. The van der Waals surface area contributed by atoms with E-state index in [1.807, 2.05) is 30.3 Å². The van der Waals surface area contributed by atoms with Crippen LogP contribution in [0.4, 0.5) is 0 Å². The van der Waals surface area contributed by atoms with Crippen molar-refractivity contribution in [2.45, 2.75) is 24.1 Å². The molecule has 1 aliphatic heterocycles. The largest absolute Gasteiger partial charge is 0.387 e. The van der Waals surface area contributed by atoms with Gasteiger partial charge in [-0.05, 0) is 28.7 Å². The van der Waals surface area contributed by atoms with Crippen LogP contribution >= 0.6 is 0 Å². The summed E-state index contributed by atoms with van der Waals surface area (Å²) < 4.78 is 0. The van der Waals surface area contributed by atoms with Crippen molar-refractivity contribution in [3.8, 4) is 0 Å². The van der Waals surface area contributed by atoms with Crippen molar-refractivity contribution in [3.63, 3.8) is 0 Å². The minimum absolute atomic E-state index is 0.0306. The summed E-state index contributed by atoms with van der Waals surface area (Å²) in [6, 6.07) is 42.2. The van der Waals surface area contributed by atoms with Crippen LogP contribution in [-0.2, 0) is 5.54 Å². The summed E-state index contributed by atoms with van der Waals surface area (Å²) in [6.45, 7) is 0.924. The van der Waals surface area contributed by atoms with Crippen LogP contribution < -0.4 is 0 Å². The minimum Gasteiger partial charge on any atom is -0.387 e. The van der Waals surface area contributed by atoms with Gasteiger partial charge >= 0.3 is 0 Å². The van der Waals surface area contributed by atoms with E-state index in [9.17, 15) is 5.11 Å². The second-order valence-corrected chi connectivity index (χ2v) is 8.21. The summed E-state index contributed by atoms with van der Waals surface area (Å²) in [5.74, 6) is 0. The van der Waals surface area contributed by atoms with E-state index in [4.69, 9.17) is 0 Å². The number of likely N-dealkylation sites (tertiary alicyclic amines) is 1. The van der Waals surface area contributed by atoms with Gasteiger partial charge in [-0.2, -0.15) is 0 Å². The Balaban J connectivity index is 1.71. The number of aliphatic hydroxyl groups is 1. The Morgan fingerprint density at radius 2 is 1.00 bits per heavy atom. The van der Waals surface area contributed by atoms with Crippen LogP contribution in [-0.4, -0.2) is 22.6 Å². The molecule has 4 aromatic carbocycles. The van der Waals surface area contributed by atoms with Gasteiger partial charge in [0.15, 0.2) is 0 Å². The van der Waals surface area contributed by atoms with Gasteiger partial charge in [0.1, 0.15) is 0 Å². The molecular weight excluding hydrogens is 378 g/mol. The van der Waals surface area contributed by atoms with Gasteiger partial charge in [0.25, 0.3) is 0 Å². The molecule has 5 rings (SSSR count). The number of nitrogens with zero attached hydrogens (tertiary/aromatic N) is 1. The third-order valence-corrected chi connectivity index (χ3v) is 6.58. The molecule has 0 radical (unpaired) electrons. The fraction of sp³-hybridized carbons (Fsp3) is 0.172. The topological polar surface area (TPSA) is 23.5 Å². The van der Waals surface area contributed by atoms with Crippen molar-refractivity contribution in [3.05, 3.63) is 144 Å². The molecule has 0 bridgehead atoms. The molecule has 4 aromatic rings. The third kappa shape index (κ3) is 3.38. The van der Waals surface area contributed by atoms with E-state index in [0.29, 0.717) is 0 Å². The zero-order chi connectivity index (χ0) is 21.1. The zero-order valence-corrected chi connectivity index (χ0v) is 17.5. The maximum atomic E-state index is 11.4. The summed E-state index contributed by atoms with van der Waals surface area (Å²) in [5.41, 5.74) is 4.16. The molecule has 1 aliphatic rings. The van der Waals surface area contributed by atoms with Crippen LogP contribution in [0, 0.1) is 0 Å². The predicted octanol–water partition coefficient (Wildman–Crippen LogP) is 5.79. The highest BCUT2D eigenvalue weighted by Gasteiger charge is 2.50. The number of aliphatic hydroxyl groups excluding tert-OH is 1. The molecule has 1 heterocycles. The smallest absolute Gasteiger partial charge is 0.0976 e. The first-order chi connectivity index (χ1) is 15.3. The summed E-state index contributed by atoms with van der Waals surface area (Å²) >= 11 is 0. The zero-order valence-electron chi connectivity index (χ0n) is 17.5. The van der Waals surface area contributed by atoms with Crippen LogP contribution in [0.3, 0.4) is 0 Å². The van der Waals surface area contributed by atoms with Crippen molar-refractivity contribution in [1.82, 2.24) is 4.90 Å². The molecule has 0 aromatic heterocycles. The lowest BCUT2D eigenvalue weighted by Gasteiger charge is -2.56. The van der Waals surface area contributed by atoms with Crippen LogP contribution in [0.25, 0.3) is 0 Å². The highest BCUT2D eigenvalue weighted by atomic mass is 16.3. The molecule has 1 N–H and O–H groups in total. The first-order valence-corrected chi connectivity index (χ1v) is 11.0. The van der Waals surface area contributed by atoms with Crippen LogP contribution in [0.5, 0.6) is 0 Å². The Labute approximate surface area is 184 Å². The third-order valence-electron chi connectivity index (χ3n) is 6.58. The highest BCUT2D eigenvalue weighted by molar-refractivity contribution is 5.50. The fourth-order valence-electron chi connectivity index (χ4n) is 5.06. The lowest BCUT2D eigenvalue weighted by molar-refractivity contribution is -0.0605. The Morgan fingerprint density at radius 3 is 1.35 bits per heavy atom. The van der Waals surface area contributed by atoms with Gasteiger partial charge in [-0.1, -0.05) is 121 Å². The standard InChI is InChI=1S/C29H27NO/c31-28(23-13-5-1-6-14-23)27-21-22-30(27)29(24-15-7-2-8-16-24,25-17-9-3-10-18-25)26-19-11-4-12-20-26/h1-20,27-28,31H,21-22H2/t27-,28?/m0/s1. The van der Waals surface area contributed by atoms with Gasteiger partial charge in [-0.3, -0.25) is 4.90 Å². The Kier molecular flexibility index (Phi) is 5.42. The molecule has 2 atom stereocenters. The van der Waals surface area contributed by atoms with Gasteiger partial charge in [0.05, 0.1) is 11.6 Å². The number of hydrogen-bond donors (Lipinski definition) is 1. The Morgan fingerprint density at radius 1 is 0.613 bits per heavy atom. The molecule has 1 fully saturated rings. The van der Waals surface area contributed by atoms with Crippen LogP contribution in [0.15, 0.2) is 121 Å².